The van der Waals surface area contributed by atoms with E-state index in [1.54, 1.807) is 24.3 Å². The summed E-state index contributed by atoms with van der Waals surface area (Å²) in [6, 6.07) is 7.81. The number of rotatable bonds is 1. The van der Waals surface area contributed by atoms with Crippen LogP contribution < -0.4 is 5.32 Å². The van der Waals surface area contributed by atoms with Crippen molar-refractivity contribution in [1.82, 2.24) is 10.2 Å². The molecule has 80 valence electrons. The van der Waals surface area contributed by atoms with E-state index >= 15 is 0 Å². The fraction of sp³-hybridized carbons (Fsp3) is 0.182. The van der Waals surface area contributed by atoms with Gasteiger partial charge in [0.1, 0.15) is 0 Å². The van der Waals surface area contributed by atoms with Crippen molar-refractivity contribution >= 4 is 11.9 Å². The zero-order valence-corrected chi connectivity index (χ0v) is 8.43. The van der Waals surface area contributed by atoms with Gasteiger partial charge in [-0.25, -0.2) is 4.79 Å². The lowest BCUT2D eigenvalue weighted by Gasteiger charge is -2.11. The fourth-order valence-corrected chi connectivity index (χ4v) is 1.51. The van der Waals surface area contributed by atoms with E-state index in [-0.39, 0.29) is 11.9 Å². The third-order valence-electron chi connectivity index (χ3n) is 2.36. The molecule has 0 bridgehead atoms. The van der Waals surface area contributed by atoms with E-state index in [0.29, 0.717) is 24.2 Å². The lowest BCUT2D eigenvalue weighted by molar-refractivity contribution is 0.0829. The summed E-state index contributed by atoms with van der Waals surface area (Å²) >= 11 is 0. The van der Waals surface area contributed by atoms with Crippen LogP contribution in [0.1, 0.15) is 15.9 Å². The number of hydrogen-bond acceptors (Lipinski definition) is 3. The fourth-order valence-electron chi connectivity index (χ4n) is 1.51. The molecule has 1 aliphatic heterocycles. The summed E-state index contributed by atoms with van der Waals surface area (Å²) in [6.45, 7) is 0.874. The second-order valence-corrected chi connectivity index (χ2v) is 3.38. The van der Waals surface area contributed by atoms with Crippen LogP contribution in [-0.2, 0) is 0 Å². The van der Waals surface area contributed by atoms with E-state index in [4.69, 9.17) is 5.26 Å². The van der Waals surface area contributed by atoms with Crippen molar-refractivity contribution in [3.05, 3.63) is 35.4 Å². The van der Waals surface area contributed by atoms with Gasteiger partial charge < -0.3 is 5.32 Å². The maximum absolute atomic E-state index is 11.8. The molecule has 16 heavy (non-hydrogen) atoms. The zero-order chi connectivity index (χ0) is 11.5. The van der Waals surface area contributed by atoms with Crippen LogP contribution in [0.15, 0.2) is 24.3 Å². The largest absolute Gasteiger partial charge is 0.336 e. The van der Waals surface area contributed by atoms with E-state index in [2.05, 4.69) is 5.32 Å². The molecule has 0 aromatic heterocycles. The first-order chi connectivity index (χ1) is 7.72. The molecule has 1 fully saturated rings. The van der Waals surface area contributed by atoms with Gasteiger partial charge in [-0.15, -0.1) is 0 Å². The molecule has 1 aromatic rings. The molecule has 1 aromatic carbocycles. The molecule has 1 N–H and O–H groups in total. The Balaban J connectivity index is 2.21. The molecule has 5 heteroatoms. The van der Waals surface area contributed by atoms with Gasteiger partial charge >= 0.3 is 6.03 Å². The van der Waals surface area contributed by atoms with Crippen molar-refractivity contribution in [3.63, 3.8) is 0 Å². The Hall–Kier alpha value is -2.35. The third kappa shape index (κ3) is 1.73. The normalized spacial score (nSPS) is 14.4. The molecule has 1 saturated heterocycles. The average Bonchev–Trinajstić information content (AvgIpc) is 2.75. The van der Waals surface area contributed by atoms with Crippen molar-refractivity contribution in [2.24, 2.45) is 0 Å². The minimum Gasteiger partial charge on any atom is -0.336 e. The summed E-state index contributed by atoms with van der Waals surface area (Å²) in [4.78, 5) is 24.2. The van der Waals surface area contributed by atoms with Crippen molar-refractivity contribution in [2.75, 3.05) is 13.1 Å². The first-order valence-corrected chi connectivity index (χ1v) is 4.82. The van der Waals surface area contributed by atoms with E-state index in [0.717, 1.165) is 4.90 Å². The van der Waals surface area contributed by atoms with Gasteiger partial charge in [0.15, 0.2) is 0 Å². The predicted molar refractivity (Wildman–Crippen MR) is 55.6 cm³/mol. The highest BCUT2D eigenvalue weighted by Crippen LogP contribution is 2.09. The number of carbonyl (C=O) groups excluding carboxylic acids is 2. The predicted octanol–water partition coefficient (Wildman–Crippen LogP) is 0.724. The van der Waals surface area contributed by atoms with Crippen LogP contribution in [0.2, 0.25) is 0 Å². The molecule has 1 aliphatic rings. The number of nitrogens with zero attached hydrogens (tertiary/aromatic N) is 2. The minimum atomic E-state index is -0.366. The smallest absolute Gasteiger partial charge is 0.324 e. The lowest BCUT2D eigenvalue weighted by Crippen LogP contribution is -2.34. The lowest BCUT2D eigenvalue weighted by atomic mass is 10.1. The molecule has 0 radical (unpaired) electrons. The van der Waals surface area contributed by atoms with Crippen molar-refractivity contribution < 1.29 is 9.59 Å². The Kier molecular flexibility index (Phi) is 2.56. The monoisotopic (exact) mass is 215 g/mol. The number of benzene rings is 1. The Morgan fingerprint density at radius 1 is 1.38 bits per heavy atom. The van der Waals surface area contributed by atoms with Gasteiger partial charge in [0.25, 0.3) is 5.91 Å². The maximum Gasteiger partial charge on any atom is 0.324 e. The molecular formula is C11H9N3O2. The highest BCUT2D eigenvalue weighted by atomic mass is 16.2. The summed E-state index contributed by atoms with van der Waals surface area (Å²) < 4.78 is 0. The summed E-state index contributed by atoms with van der Waals surface area (Å²) in [7, 11) is 0. The van der Waals surface area contributed by atoms with Crippen molar-refractivity contribution in [3.8, 4) is 6.07 Å². The minimum absolute atomic E-state index is 0.334. The topological polar surface area (TPSA) is 73.2 Å². The number of imide groups is 1. The summed E-state index contributed by atoms with van der Waals surface area (Å²) in [5.74, 6) is -0.334. The second kappa shape index (κ2) is 4.03. The molecule has 0 atom stereocenters. The number of carbonyl (C=O) groups is 2. The summed E-state index contributed by atoms with van der Waals surface area (Å²) in [5.41, 5.74) is 0.901. The van der Waals surface area contributed by atoms with E-state index in [1.807, 2.05) is 6.07 Å². The van der Waals surface area contributed by atoms with Crippen molar-refractivity contribution in [1.29, 1.82) is 5.26 Å². The Morgan fingerprint density at radius 3 is 2.56 bits per heavy atom. The van der Waals surface area contributed by atoms with E-state index < -0.39 is 0 Å². The highest BCUT2D eigenvalue weighted by molar-refractivity contribution is 6.05. The first kappa shape index (κ1) is 10.2. The van der Waals surface area contributed by atoms with Gasteiger partial charge in [-0.3, -0.25) is 9.69 Å². The number of hydrogen-bond donors (Lipinski definition) is 1. The van der Waals surface area contributed by atoms with Crippen LogP contribution >= 0.6 is 0 Å². The van der Waals surface area contributed by atoms with Gasteiger partial charge in [-0.1, -0.05) is 0 Å². The molecular weight excluding hydrogens is 206 g/mol. The van der Waals surface area contributed by atoms with Crippen molar-refractivity contribution in [2.45, 2.75) is 0 Å². The van der Waals surface area contributed by atoms with Gasteiger partial charge in [0.2, 0.25) is 0 Å². The first-order valence-electron chi connectivity index (χ1n) is 4.82. The van der Waals surface area contributed by atoms with E-state index in [9.17, 15) is 9.59 Å². The van der Waals surface area contributed by atoms with Crippen LogP contribution in [0.4, 0.5) is 4.79 Å². The number of nitrogens with one attached hydrogen (secondary N) is 1. The summed E-state index contributed by atoms with van der Waals surface area (Å²) in [5, 5.41) is 11.2. The highest BCUT2D eigenvalue weighted by Gasteiger charge is 2.26. The SMILES string of the molecule is N#Cc1ccc(C(=O)N2CCNC2=O)cc1. The molecule has 1 heterocycles. The molecule has 0 unspecified atom stereocenters. The number of amides is 3. The molecule has 5 nitrogen and oxygen atoms in total. The van der Waals surface area contributed by atoms with Gasteiger partial charge in [0.05, 0.1) is 11.6 Å². The third-order valence-corrected chi connectivity index (χ3v) is 2.36. The molecule has 2 rings (SSSR count). The molecule has 3 amide bonds. The van der Waals surface area contributed by atoms with Crippen LogP contribution in [0.5, 0.6) is 0 Å². The Labute approximate surface area is 92.3 Å². The second-order valence-electron chi connectivity index (χ2n) is 3.38. The molecule has 0 spiro atoms. The average molecular weight is 215 g/mol. The maximum atomic E-state index is 11.8. The summed E-state index contributed by atoms with van der Waals surface area (Å²) in [6.07, 6.45) is 0. The quantitative estimate of drug-likeness (QED) is 0.750. The molecule has 0 aliphatic carbocycles. The van der Waals surface area contributed by atoms with E-state index in [1.165, 1.54) is 0 Å². The number of nitriles is 1. The van der Waals surface area contributed by atoms with Crippen LogP contribution in [-0.4, -0.2) is 29.9 Å². The van der Waals surface area contributed by atoms with Crippen LogP contribution in [0.25, 0.3) is 0 Å². The molecule has 0 saturated carbocycles. The van der Waals surface area contributed by atoms with Gasteiger partial charge in [-0.2, -0.15) is 5.26 Å². The Bertz CT molecular complexity index is 473. The van der Waals surface area contributed by atoms with Gasteiger partial charge in [-0.05, 0) is 24.3 Å². The van der Waals surface area contributed by atoms with Crippen LogP contribution in [0, 0.1) is 11.3 Å². The number of urea groups is 1. The Morgan fingerprint density at radius 2 is 2.06 bits per heavy atom. The van der Waals surface area contributed by atoms with Gasteiger partial charge in [0, 0.05) is 18.7 Å². The van der Waals surface area contributed by atoms with Crippen LogP contribution in [0.3, 0.4) is 0 Å². The zero-order valence-electron chi connectivity index (χ0n) is 8.43. The standard InChI is InChI=1S/C11H9N3O2/c12-7-8-1-3-9(4-2-8)10(15)14-6-5-13-11(14)16/h1-4H,5-6H2,(H,13,16).